The monoisotopic (exact) mass is 325 g/mol. The number of furan rings is 1. The minimum atomic E-state index is -0.369. The quantitative estimate of drug-likeness (QED) is 0.887. The van der Waals surface area contributed by atoms with Crippen LogP contribution in [0.5, 0.6) is 0 Å². The second-order valence-electron chi connectivity index (χ2n) is 4.40. The summed E-state index contributed by atoms with van der Waals surface area (Å²) in [5.74, 6) is 0.0368. The van der Waals surface area contributed by atoms with Gasteiger partial charge < -0.3 is 14.8 Å². The summed E-state index contributed by atoms with van der Waals surface area (Å²) in [4.78, 5) is 11.9. The number of aliphatic hydroxyl groups excluding tert-OH is 1. The molecule has 0 aliphatic carbocycles. The van der Waals surface area contributed by atoms with Crippen LogP contribution in [-0.2, 0) is 0 Å². The Morgan fingerprint density at radius 3 is 3.00 bits per heavy atom. The van der Waals surface area contributed by atoms with Crippen LogP contribution in [0.3, 0.4) is 0 Å². The van der Waals surface area contributed by atoms with Gasteiger partial charge in [0.05, 0.1) is 6.10 Å². The molecule has 0 fully saturated rings. The van der Waals surface area contributed by atoms with Crippen molar-refractivity contribution in [3.8, 4) is 0 Å². The molecule has 1 atom stereocenters. The van der Waals surface area contributed by atoms with E-state index in [1.165, 1.54) is 0 Å². The van der Waals surface area contributed by atoms with Gasteiger partial charge >= 0.3 is 0 Å². The smallest absolute Gasteiger partial charge is 0.287 e. The summed E-state index contributed by atoms with van der Waals surface area (Å²) in [6.07, 6.45) is 0.870. The van der Waals surface area contributed by atoms with Gasteiger partial charge in [0.2, 0.25) is 0 Å². The van der Waals surface area contributed by atoms with Crippen LogP contribution in [-0.4, -0.2) is 23.7 Å². The van der Waals surface area contributed by atoms with Crippen LogP contribution in [0.2, 0.25) is 0 Å². The zero-order valence-electron chi connectivity index (χ0n) is 10.6. The largest absolute Gasteiger partial charge is 0.451 e. The minimum Gasteiger partial charge on any atom is -0.451 e. The number of carbonyl (C=O) groups excluding carboxylic acids is 1. The number of halogens is 1. The molecule has 0 saturated heterocycles. The van der Waals surface area contributed by atoms with Crippen molar-refractivity contribution in [3.63, 3.8) is 0 Å². The fourth-order valence-electron chi connectivity index (χ4n) is 1.77. The number of amides is 1. The average molecular weight is 326 g/mol. The summed E-state index contributed by atoms with van der Waals surface area (Å²) < 4.78 is 6.42. The number of aliphatic hydroxyl groups is 1. The number of carbonyl (C=O) groups is 1. The lowest BCUT2D eigenvalue weighted by molar-refractivity contribution is 0.0916. The summed E-state index contributed by atoms with van der Waals surface area (Å²) in [6, 6.07) is 7.30. The molecular formula is C14H16BrNO3. The molecule has 0 bridgehead atoms. The van der Waals surface area contributed by atoms with Gasteiger partial charge in [-0.25, -0.2) is 0 Å². The third-order valence-electron chi connectivity index (χ3n) is 2.94. The summed E-state index contributed by atoms with van der Waals surface area (Å²) >= 11 is 3.37. The fraction of sp³-hybridized carbons (Fsp3) is 0.357. The van der Waals surface area contributed by atoms with Crippen molar-refractivity contribution in [1.82, 2.24) is 5.32 Å². The van der Waals surface area contributed by atoms with Crippen LogP contribution in [0.4, 0.5) is 0 Å². The van der Waals surface area contributed by atoms with Gasteiger partial charge in [-0.3, -0.25) is 4.79 Å². The van der Waals surface area contributed by atoms with Crippen molar-refractivity contribution in [3.05, 3.63) is 34.5 Å². The molecule has 5 heteroatoms. The Morgan fingerprint density at radius 1 is 1.47 bits per heavy atom. The molecule has 2 rings (SSSR count). The fourth-order valence-corrected chi connectivity index (χ4v) is 2.15. The number of fused-ring (bicyclic) bond motifs is 1. The van der Waals surface area contributed by atoms with Crippen molar-refractivity contribution < 1.29 is 14.3 Å². The van der Waals surface area contributed by atoms with Crippen LogP contribution in [0.15, 0.2) is 33.2 Å². The van der Waals surface area contributed by atoms with Gasteiger partial charge in [-0.05, 0) is 37.1 Å². The highest BCUT2D eigenvalue weighted by Crippen LogP contribution is 2.23. The third-order valence-corrected chi connectivity index (χ3v) is 3.43. The molecule has 0 radical (unpaired) electrons. The number of hydrogen-bond acceptors (Lipinski definition) is 3. The standard InChI is InChI=1S/C14H16BrNO3/c1-2-11(17)5-6-16-14(18)13-8-9-7-10(15)3-4-12(9)19-13/h3-4,7-8,11,17H,2,5-6H2,1H3,(H,16,18). The van der Waals surface area contributed by atoms with Crippen molar-refractivity contribution in [2.75, 3.05) is 6.54 Å². The van der Waals surface area contributed by atoms with Crippen LogP contribution in [0, 0.1) is 0 Å². The van der Waals surface area contributed by atoms with E-state index in [0.29, 0.717) is 30.7 Å². The maximum Gasteiger partial charge on any atom is 0.287 e. The highest BCUT2D eigenvalue weighted by atomic mass is 79.9. The van der Waals surface area contributed by atoms with Crippen LogP contribution in [0.1, 0.15) is 30.3 Å². The topological polar surface area (TPSA) is 62.5 Å². The number of hydrogen-bond donors (Lipinski definition) is 2. The molecule has 102 valence electrons. The molecule has 0 aliphatic heterocycles. The first-order chi connectivity index (χ1) is 9.10. The van der Waals surface area contributed by atoms with E-state index in [9.17, 15) is 9.90 Å². The Hall–Kier alpha value is -1.33. The molecule has 19 heavy (non-hydrogen) atoms. The predicted octanol–water partition coefficient (Wildman–Crippen LogP) is 3.09. The van der Waals surface area contributed by atoms with Crippen LogP contribution < -0.4 is 5.32 Å². The Labute approximate surface area is 119 Å². The SMILES string of the molecule is CCC(O)CCNC(=O)c1cc2cc(Br)ccc2o1. The lowest BCUT2D eigenvalue weighted by Gasteiger charge is -2.07. The second kappa shape index (κ2) is 6.21. The lowest BCUT2D eigenvalue weighted by Crippen LogP contribution is -2.26. The van der Waals surface area contributed by atoms with Crippen molar-refractivity contribution in [2.24, 2.45) is 0 Å². The highest BCUT2D eigenvalue weighted by molar-refractivity contribution is 9.10. The summed E-state index contributed by atoms with van der Waals surface area (Å²) in [6.45, 7) is 2.35. The first-order valence-corrected chi connectivity index (χ1v) is 7.05. The maximum atomic E-state index is 11.9. The molecule has 2 aromatic rings. The third kappa shape index (κ3) is 3.58. The van der Waals surface area contributed by atoms with E-state index >= 15 is 0 Å². The zero-order valence-corrected chi connectivity index (χ0v) is 12.2. The van der Waals surface area contributed by atoms with Crippen LogP contribution in [0.25, 0.3) is 11.0 Å². The molecule has 2 N–H and O–H groups in total. The van der Waals surface area contributed by atoms with E-state index in [2.05, 4.69) is 21.2 Å². The van der Waals surface area contributed by atoms with Gasteiger partial charge in [0.1, 0.15) is 5.58 Å². The average Bonchev–Trinajstić information content (AvgIpc) is 2.81. The Morgan fingerprint density at radius 2 is 2.26 bits per heavy atom. The molecule has 1 aromatic carbocycles. The van der Waals surface area contributed by atoms with Crippen LogP contribution >= 0.6 is 15.9 Å². The first-order valence-electron chi connectivity index (χ1n) is 6.25. The number of benzene rings is 1. The number of rotatable bonds is 5. The van der Waals surface area contributed by atoms with Gasteiger partial charge in [0.25, 0.3) is 5.91 Å². The van der Waals surface area contributed by atoms with Gasteiger partial charge in [0, 0.05) is 16.4 Å². The highest BCUT2D eigenvalue weighted by Gasteiger charge is 2.12. The zero-order chi connectivity index (χ0) is 13.8. The van der Waals surface area contributed by atoms with E-state index in [0.717, 1.165) is 9.86 Å². The molecule has 1 heterocycles. The molecule has 1 unspecified atom stereocenters. The van der Waals surface area contributed by atoms with E-state index in [1.54, 1.807) is 6.07 Å². The molecule has 0 aliphatic rings. The Kier molecular flexibility index (Phi) is 4.61. The van der Waals surface area contributed by atoms with Gasteiger partial charge in [0.15, 0.2) is 5.76 Å². The van der Waals surface area contributed by atoms with Crippen molar-refractivity contribution >= 4 is 32.8 Å². The first kappa shape index (κ1) is 14.1. The summed E-state index contributed by atoms with van der Waals surface area (Å²) in [7, 11) is 0. The van der Waals surface area contributed by atoms with Gasteiger partial charge in [-0.2, -0.15) is 0 Å². The number of nitrogens with one attached hydrogen (secondary N) is 1. The Bertz CT molecular complexity index is 579. The normalized spacial score (nSPS) is 12.6. The van der Waals surface area contributed by atoms with E-state index in [4.69, 9.17) is 4.42 Å². The summed E-state index contributed by atoms with van der Waals surface area (Å²) in [5.41, 5.74) is 0.682. The summed E-state index contributed by atoms with van der Waals surface area (Å²) in [5, 5.41) is 13.0. The molecule has 1 amide bonds. The molecule has 4 nitrogen and oxygen atoms in total. The van der Waals surface area contributed by atoms with Gasteiger partial charge in [-0.1, -0.05) is 22.9 Å². The van der Waals surface area contributed by atoms with Crippen molar-refractivity contribution in [1.29, 1.82) is 0 Å². The Balaban J connectivity index is 2.01. The van der Waals surface area contributed by atoms with Gasteiger partial charge in [-0.15, -0.1) is 0 Å². The van der Waals surface area contributed by atoms with E-state index in [1.807, 2.05) is 25.1 Å². The molecule has 0 saturated carbocycles. The molecular weight excluding hydrogens is 310 g/mol. The lowest BCUT2D eigenvalue weighted by atomic mass is 10.2. The van der Waals surface area contributed by atoms with Crippen molar-refractivity contribution in [2.45, 2.75) is 25.9 Å². The van der Waals surface area contributed by atoms with E-state index in [-0.39, 0.29) is 12.0 Å². The van der Waals surface area contributed by atoms with E-state index < -0.39 is 0 Å². The molecule has 0 spiro atoms. The second-order valence-corrected chi connectivity index (χ2v) is 5.32. The molecule has 1 aromatic heterocycles. The maximum absolute atomic E-state index is 11.9. The minimum absolute atomic E-state index is 0.254. The predicted molar refractivity (Wildman–Crippen MR) is 77.2 cm³/mol.